The first-order valence-corrected chi connectivity index (χ1v) is 27.9. The molecule has 0 aromatic carbocycles. The fourth-order valence-corrected chi connectivity index (χ4v) is 8.42. The Morgan fingerprint density at radius 3 is 1.26 bits per heavy atom. The van der Waals surface area contributed by atoms with Crippen LogP contribution in [0.2, 0.25) is 0 Å². The third-order valence-electron chi connectivity index (χ3n) is 11.8. The van der Waals surface area contributed by atoms with E-state index in [1.807, 2.05) is 27.2 Å². The molecular formula is C52H103NO8P+. The average Bonchev–Trinajstić information content (AvgIpc) is 3.23. The second-order valence-electron chi connectivity index (χ2n) is 19.3. The Morgan fingerprint density at radius 1 is 0.484 bits per heavy atom. The average molecular weight is 901 g/mol. The lowest BCUT2D eigenvalue weighted by atomic mass is 10.0. The van der Waals surface area contributed by atoms with Crippen molar-refractivity contribution in [3.8, 4) is 0 Å². The summed E-state index contributed by atoms with van der Waals surface area (Å²) < 4.78 is 34.4. The van der Waals surface area contributed by atoms with E-state index in [0.29, 0.717) is 23.9 Å². The second kappa shape index (κ2) is 44.9. The van der Waals surface area contributed by atoms with Gasteiger partial charge in [-0.3, -0.25) is 18.6 Å². The van der Waals surface area contributed by atoms with Gasteiger partial charge in [0.25, 0.3) is 0 Å². The first kappa shape index (κ1) is 60.8. The summed E-state index contributed by atoms with van der Waals surface area (Å²) in [7, 11) is 1.48. The van der Waals surface area contributed by atoms with Crippen LogP contribution in [0.25, 0.3) is 0 Å². The number of unbranched alkanes of at least 4 members (excludes halogenated alkanes) is 33. The molecule has 10 heteroatoms. The minimum absolute atomic E-state index is 0.0308. The van der Waals surface area contributed by atoms with E-state index in [0.717, 1.165) is 25.7 Å². The maximum absolute atomic E-state index is 12.8. The van der Waals surface area contributed by atoms with Crippen molar-refractivity contribution in [2.75, 3.05) is 47.5 Å². The monoisotopic (exact) mass is 901 g/mol. The van der Waals surface area contributed by atoms with Crippen molar-refractivity contribution in [2.24, 2.45) is 0 Å². The van der Waals surface area contributed by atoms with Crippen molar-refractivity contribution in [1.29, 1.82) is 0 Å². The number of phosphoric ester groups is 1. The molecule has 2 atom stereocenters. The highest BCUT2D eigenvalue weighted by atomic mass is 31.2. The Labute approximate surface area is 384 Å². The summed E-state index contributed by atoms with van der Waals surface area (Å²) in [6, 6.07) is 0. The highest BCUT2D eigenvalue weighted by Crippen LogP contribution is 2.43. The number of ether oxygens (including phenoxy) is 2. The SMILES string of the molecule is CCCCCCCCCCCCC/C=C/CCC(=O)OC[C@H](COP(=O)(O)OCC[N+](C)(C)C)OC(=O)CCCCCCCCCCCCCCCCCCCCCCCCC. The van der Waals surface area contributed by atoms with Gasteiger partial charge >= 0.3 is 19.8 Å². The Hall–Kier alpha value is -1.25. The van der Waals surface area contributed by atoms with E-state index < -0.39 is 32.5 Å². The number of hydrogen-bond acceptors (Lipinski definition) is 7. The van der Waals surface area contributed by atoms with Crippen molar-refractivity contribution >= 4 is 19.8 Å². The summed E-state index contributed by atoms with van der Waals surface area (Å²) in [5.74, 6) is -0.839. The van der Waals surface area contributed by atoms with Gasteiger partial charge in [0.2, 0.25) is 0 Å². The highest BCUT2D eigenvalue weighted by Gasteiger charge is 2.27. The van der Waals surface area contributed by atoms with Crippen LogP contribution in [0.3, 0.4) is 0 Å². The van der Waals surface area contributed by atoms with Crippen LogP contribution in [-0.2, 0) is 32.7 Å². The molecule has 0 aromatic rings. The molecule has 0 aliphatic rings. The molecule has 1 unspecified atom stereocenters. The molecule has 368 valence electrons. The molecule has 0 amide bonds. The van der Waals surface area contributed by atoms with E-state index in [4.69, 9.17) is 18.5 Å². The van der Waals surface area contributed by atoms with Crippen LogP contribution in [-0.4, -0.2) is 74.9 Å². The molecule has 9 nitrogen and oxygen atoms in total. The van der Waals surface area contributed by atoms with E-state index in [1.165, 1.54) is 193 Å². The number of carbonyl (C=O) groups excluding carboxylic acids is 2. The number of allylic oxidation sites excluding steroid dienone is 2. The minimum Gasteiger partial charge on any atom is -0.462 e. The number of phosphoric acid groups is 1. The van der Waals surface area contributed by atoms with Gasteiger partial charge in [0, 0.05) is 12.8 Å². The van der Waals surface area contributed by atoms with E-state index in [2.05, 4.69) is 19.9 Å². The summed E-state index contributed by atoms with van der Waals surface area (Å²) in [6.45, 7) is 4.44. The zero-order valence-electron chi connectivity index (χ0n) is 41.6. The Kier molecular flexibility index (Phi) is 44.0. The number of rotatable bonds is 49. The Bertz CT molecular complexity index is 1060. The molecule has 1 N–H and O–H groups in total. The Morgan fingerprint density at radius 2 is 0.855 bits per heavy atom. The predicted molar refractivity (Wildman–Crippen MR) is 261 cm³/mol. The summed E-state index contributed by atoms with van der Waals surface area (Å²) >= 11 is 0. The van der Waals surface area contributed by atoms with Gasteiger partial charge in [-0.15, -0.1) is 0 Å². The van der Waals surface area contributed by atoms with Crippen molar-refractivity contribution in [3.05, 3.63) is 12.2 Å². The number of carbonyl (C=O) groups is 2. The van der Waals surface area contributed by atoms with Crippen LogP contribution in [0.5, 0.6) is 0 Å². The summed E-state index contributed by atoms with van der Waals surface area (Å²) in [5, 5.41) is 0. The summed E-state index contributed by atoms with van der Waals surface area (Å²) in [4.78, 5) is 35.5. The molecule has 0 aliphatic carbocycles. The maximum Gasteiger partial charge on any atom is 0.472 e. The lowest BCUT2D eigenvalue weighted by Crippen LogP contribution is -2.37. The van der Waals surface area contributed by atoms with E-state index in [-0.39, 0.29) is 26.1 Å². The van der Waals surface area contributed by atoms with E-state index in [9.17, 15) is 19.0 Å². The molecule has 0 aromatic heterocycles. The standard InChI is InChI=1S/C52H102NO8P/c1-6-8-10-12-14-16-18-20-22-23-24-25-26-27-28-29-31-33-35-37-39-41-43-45-52(55)61-50(49-60-62(56,57)59-47-46-53(3,4)5)48-58-51(54)44-42-40-38-36-34-32-30-21-19-17-15-13-11-9-7-2/h38,40,50H,6-37,39,41-49H2,1-5H3/p+1/b40-38+/t50-/m1/s1. The van der Waals surface area contributed by atoms with Crippen LogP contribution < -0.4 is 0 Å². The largest absolute Gasteiger partial charge is 0.472 e. The van der Waals surface area contributed by atoms with Crippen molar-refractivity contribution in [2.45, 2.75) is 264 Å². The van der Waals surface area contributed by atoms with Crippen LogP contribution in [0.1, 0.15) is 258 Å². The Balaban J connectivity index is 4.19. The summed E-state index contributed by atoms with van der Waals surface area (Å²) in [6.07, 6.45) is 50.0. The van der Waals surface area contributed by atoms with E-state index >= 15 is 0 Å². The molecule has 0 aliphatic heterocycles. The zero-order valence-corrected chi connectivity index (χ0v) is 42.5. The quantitative estimate of drug-likeness (QED) is 0.0211. The molecule has 0 bridgehead atoms. The maximum atomic E-state index is 12.8. The third kappa shape index (κ3) is 48.2. The summed E-state index contributed by atoms with van der Waals surface area (Å²) in [5.41, 5.74) is 0. The normalized spacial score (nSPS) is 13.5. The van der Waals surface area contributed by atoms with Gasteiger partial charge in [-0.25, -0.2) is 4.57 Å². The predicted octanol–water partition coefficient (Wildman–Crippen LogP) is 15.7. The molecule has 0 fully saturated rings. The lowest BCUT2D eigenvalue weighted by molar-refractivity contribution is -0.870. The zero-order chi connectivity index (χ0) is 45.7. The smallest absolute Gasteiger partial charge is 0.462 e. The van der Waals surface area contributed by atoms with Gasteiger partial charge in [-0.05, 0) is 25.7 Å². The van der Waals surface area contributed by atoms with Crippen LogP contribution in [0.4, 0.5) is 0 Å². The fraction of sp³-hybridized carbons (Fsp3) is 0.923. The van der Waals surface area contributed by atoms with Gasteiger partial charge in [0.1, 0.15) is 19.8 Å². The molecular weight excluding hydrogens is 798 g/mol. The molecule has 62 heavy (non-hydrogen) atoms. The van der Waals surface area contributed by atoms with Crippen molar-refractivity contribution in [1.82, 2.24) is 0 Å². The topological polar surface area (TPSA) is 108 Å². The van der Waals surface area contributed by atoms with Crippen molar-refractivity contribution in [3.63, 3.8) is 0 Å². The van der Waals surface area contributed by atoms with Crippen LogP contribution >= 0.6 is 7.82 Å². The molecule has 0 spiro atoms. The van der Waals surface area contributed by atoms with Crippen LogP contribution in [0.15, 0.2) is 12.2 Å². The first-order valence-electron chi connectivity index (χ1n) is 26.4. The lowest BCUT2D eigenvalue weighted by Gasteiger charge is -2.24. The number of quaternary nitrogens is 1. The van der Waals surface area contributed by atoms with Gasteiger partial charge in [-0.1, -0.05) is 231 Å². The van der Waals surface area contributed by atoms with E-state index in [1.54, 1.807) is 0 Å². The molecule has 0 radical (unpaired) electrons. The number of likely N-dealkylation sites (N-methyl/N-ethyl adjacent to an activating group) is 1. The number of esters is 2. The molecule has 0 saturated heterocycles. The van der Waals surface area contributed by atoms with Gasteiger partial charge in [0.05, 0.1) is 27.7 Å². The fourth-order valence-electron chi connectivity index (χ4n) is 7.68. The van der Waals surface area contributed by atoms with Gasteiger partial charge in [-0.2, -0.15) is 0 Å². The second-order valence-corrected chi connectivity index (χ2v) is 20.7. The van der Waals surface area contributed by atoms with Gasteiger partial charge in [0.15, 0.2) is 6.10 Å². The third-order valence-corrected chi connectivity index (χ3v) is 12.8. The minimum atomic E-state index is -4.38. The van der Waals surface area contributed by atoms with Crippen LogP contribution in [0, 0.1) is 0 Å². The molecule has 0 rings (SSSR count). The number of hydrogen-bond donors (Lipinski definition) is 1. The molecule has 0 saturated carbocycles. The van der Waals surface area contributed by atoms with Crippen molar-refractivity contribution < 1.29 is 42.1 Å². The first-order chi connectivity index (χ1) is 30.0. The molecule has 0 heterocycles. The highest BCUT2D eigenvalue weighted by molar-refractivity contribution is 7.47. The number of nitrogens with zero attached hydrogens (tertiary/aromatic N) is 1. The van der Waals surface area contributed by atoms with Gasteiger partial charge < -0.3 is 18.9 Å².